The maximum Gasteiger partial charge on any atom is 0.272 e. The van der Waals surface area contributed by atoms with Gasteiger partial charge in [-0.2, -0.15) is 0 Å². The van der Waals surface area contributed by atoms with E-state index >= 15 is 0 Å². The second-order valence-corrected chi connectivity index (χ2v) is 7.95. The van der Waals surface area contributed by atoms with E-state index in [9.17, 15) is 4.79 Å². The summed E-state index contributed by atoms with van der Waals surface area (Å²) in [5.41, 5.74) is 1.84. The molecule has 23 heavy (non-hydrogen) atoms. The van der Waals surface area contributed by atoms with E-state index in [1.807, 2.05) is 24.3 Å². The molecule has 0 amide bonds. The SMILES string of the molecule is CCC(C)Sc1nc2c(c(=O)n1-c1ccc(OC)cc1)SCC2. The Balaban J connectivity index is 2.14. The van der Waals surface area contributed by atoms with Crippen LogP contribution in [-0.2, 0) is 6.42 Å². The molecular formula is C17H20N2O2S2. The number of ether oxygens (including phenoxy) is 1. The highest BCUT2D eigenvalue weighted by molar-refractivity contribution is 8.00. The number of benzene rings is 1. The molecule has 0 spiro atoms. The Labute approximate surface area is 144 Å². The molecule has 0 N–H and O–H groups in total. The molecule has 1 atom stereocenters. The summed E-state index contributed by atoms with van der Waals surface area (Å²) in [6.45, 7) is 4.31. The van der Waals surface area contributed by atoms with Gasteiger partial charge in [-0.05, 0) is 30.7 Å². The Morgan fingerprint density at radius 3 is 2.78 bits per heavy atom. The Kier molecular flexibility index (Phi) is 5.02. The first kappa shape index (κ1) is 16.5. The number of thioether (sulfide) groups is 2. The molecule has 4 nitrogen and oxygen atoms in total. The third-order valence-electron chi connectivity index (χ3n) is 3.88. The lowest BCUT2D eigenvalue weighted by Crippen LogP contribution is -2.24. The van der Waals surface area contributed by atoms with Gasteiger partial charge >= 0.3 is 0 Å². The molecule has 1 aliphatic heterocycles. The van der Waals surface area contributed by atoms with Crippen LogP contribution in [0.2, 0.25) is 0 Å². The summed E-state index contributed by atoms with van der Waals surface area (Å²) in [6.07, 6.45) is 1.92. The number of nitrogens with zero attached hydrogens (tertiary/aromatic N) is 2. The fourth-order valence-corrected chi connectivity index (χ4v) is 4.41. The van der Waals surface area contributed by atoms with Gasteiger partial charge in [-0.1, -0.05) is 25.6 Å². The van der Waals surface area contributed by atoms with Crippen LogP contribution < -0.4 is 10.3 Å². The number of methoxy groups -OCH3 is 1. The fraction of sp³-hybridized carbons (Fsp3) is 0.412. The first-order chi connectivity index (χ1) is 11.1. The van der Waals surface area contributed by atoms with Gasteiger partial charge in [0.1, 0.15) is 5.75 Å². The molecule has 6 heteroatoms. The topological polar surface area (TPSA) is 44.1 Å². The Morgan fingerprint density at radius 2 is 2.13 bits per heavy atom. The molecule has 1 unspecified atom stereocenters. The van der Waals surface area contributed by atoms with Crippen molar-refractivity contribution in [1.82, 2.24) is 9.55 Å². The number of aryl methyl sites for hydroxylation is 1. The van der Waals surface area contributed by atoms with E-state index in [4.69, 9.17) is 9.72 Å². The zero-order valence-corrected chi connectivity index (χ0v) is 15.2. The van der Waals surface area contributed by atoms with Crippen LogP contribution in [0.1, 0.15) is 26.0 Å². The van der Waals surface area contributed by atoms with Crippen LogP contribution in [-0.4, -0.2) is 27.7 Å². The van der Waals surface area contributed by atoms with Crippen LogP contribution >= 0.6 is 23.5 Å². The second kappa shape index (κ2) is 7.01. The van der Waals surface area contributed by atoms with Crippen LogP contribution in [0.5, 0.6) is 5.75 Å². The average Bonchev–Trinajstić information content (AvgIpc) is 3.04. The highest BCUT2D eigenvalue weighted by Gasteiger charge is 2.23. The zero-order valence-electron chi connectivity index (χ0n) is 13.5. The van der Waals surface area contributed by atoms with Gasteiger partial charge in [0, 0.05) is 17.4 Å². The Morgan fingerprint density at radius 1 is 1.39 bits per heavy atom. The van der Waals surface area contributed by atoms with Gasteiger partial charge in [0.25, 0.3) is 5.56 Å². The van der Waals surface area contributed by atoms with Crippen molar-refractivity contribution >= 4 is 23.5 Å². The van der Waals surface area contributed by atoms with Crippen molar-refractivity contribution in [2.75, 3.05) is 12.9 Å². The molecule has 3 rings (SSSR count). The van der Waals surface area contributed by atoms with Gasteiger partial charge < -0.3 is 4.74 Å². The molecule has 0 fully saturated rings. The normalized spacial score (nSPS) is 14.6. The van der Waals surface area contributed by atoms with Crippen molar-refractivity contribution < 1.29 is 4.74 Å². The first-order valence-electron chi connectivity index (χ1n) is 7.73. The smallest absolute Gasteiger partial charge is 0.272 e. The zero-order chi connectivity index (χ0) is 16.4. The summed E-state index contributed by atoms with van der Waals surface area (Å²) in [5, 5.41) is 1.20. The number of aromatic nitrogens is 2. The van der Waals surface area contributed by atoms with E-state index in [2.05, 4.69) is 13.8 Å². The monoisotopic (exact) mass is 348 g/mol. The van der Waals surface area contributed by atoms with Crippen molar-refractivity contribution in [2.24, 2.45) is 0 Å². The van der Waals surface area contributed by atoms with E-state index < -0.39 is 0 Å². The summed E-state index contributed by atoms with van der Waals surface area (Å²) in [4.78, 5) is 18.6. The highest BCUT2D eigenvalue weighted by Crippen LogP contribution is 2.32. The molecule has 0 saturated heterocycles. The minimum atomic E-state index is 0.0495. The minimum Gasteiger partial charge on any atom is -0.497 e. The van der Waals surface area contributed by atoms with Crippen molar-refractivity contribution in [3.8, 4) is 11.4 Å². The van der Waals surface area contributed by atoms with Crippen molar-refractivity contribution in [1.29, 1.82) is 0 Å². The van der Waals surface area contributed by atoms with Gasteiger partial charge in [-0.25, -0.2) is 4.98 Å². The molecule has 1 aliphatic rings. The highest BCUT2D eigenvalue weighted by atomic mass is 32.2. The Bertz CT molecular complexity index is 756. The molecule has 0 saturated carbocycles. The molecule has 0 radical (unpaired) electrons. The second-order valence-electron chi connectivity index (χ2n) is 5.44. The fourth-order valence-electron chi connectivity index (χ4n) is 2.39. The van der Waals surface area contributed by atoms with Crippen LogP contribution in [0.3, 0.4) is 0 Å². The number of hydrogen-bond acceptors (Lipinski definition) is 5. The summed E-state index contributed by atoms with van der Waals surface area (Å²) < 4.78 is 6.95. The summed E-state index contributed by atoms with van der Waals surface area (Å²) >= 11 is 3.28. The third-order valence-corrected chi connectivity index (χ3v) is 6.21. The summed E-state index contributed by atoms with van der Waals surface area (Å²) in [7, 11) is 1.64. The van der Waals surface area contributed by atoms with Gasteiger partial charge in [0.15, 0.2) is 5.16 Å². The van der Waals surface area contributed by atoms with Crippen molar-refractivity contribution in [3.05, 3.63) is 40.3 Å². The van der Waals surface area contributed by atoms with E-state index in [-0.39, 0.29) is 5.56 Å². The lowest BCUT2D eigenvalue weighted by molar-refractivity contribution is 0.414. The molecule has 1 aromatic heterocycles. The summed E-state index contributed by atoms with van der Waals surface area (Å²) in [6, 6.07) is 7.57. The molecule has 0 bridgehead atoms. The van der Waals surface area contributed by atoms with Gasteiger partial charge in [0.2, 0.25) is 0 Å². The molecule has 1 aromatic carbocycles. The maximum absolute atomic E-state index is 13.0. The lowest BCUT2D eigenvalue weighted by atomic mass is 10.3. The largest absolute Gasteiger partial charge is 0.497 e. The molecular weight excluding hydrogens is 328 g/mol. The van der Waals surface area contributed by atoms with Crippen LogP contribution in [0, 0.1) is 0 Å². The standard InChI is InChI=1S/C17H20N2O2S2/c1-4-11(2)23-17-18-14-9-10-22-15(14)16(20)19(17)12-5-7-13(21-3)8-6-12/h5-8,11H,4,9-10H2,1-3H3. The van der Waals surface area contributed by atoms with Crippen LogP contribution in [0.15, 0.2) is 39.1 Å². The average molecular weight is 348 g/mol. The van der Waals surface area contributed by atoms with Crippen LogP contribution in [0.25, 0.3) is 5.69 Å². The third kappa shape index (κ3) is 3.28. The van der Waals surface area contributed by atoms with Gasteiger partial charge in [0.05, 0.1) is 23.4 Å². The molecule has 0 aliphatic carbocycles. The number of rotatable bonds is 5. The first-order valence-corrected chi connectivity index (χ1v) is 9.60. The molecule has 122 valence electrons. The number of hydrogen-bond donors (Lipinski definition) is 0. The predicted octanol–water partition coefficient (Wildman–Crippen LogP) is 3.78. The lowest BCUT2D eigenvalue weighted by Gasteiger charge is -2.16. The Hall–Kier alpha value is -1.40. The minimum absolute atomic E-state index is 0.0495. The van der Waals surface area contributed by atoms with E-state index in [0.29, 0.717) is 5.25 Å². The van der Waals surface area contributed by atoms with Gasteiger partial charge in [-0.3, -0.25) is 9.36 Å². The predicted molar refractivity (Wildman–Crippen MR) is 96.4 cm³/mol. The molecule has 2 aromatic rings. The van der Waals surface area contributed by atoms with Crippen molar-refractivity contribution in [3.63, 3.8) is 0 Å². The molecule has 2 heterocycles. The van der Waals surface area contributed by atoms with E-state index in [0.717, 1.165) is 45.8 Å². The number of fused-ring (bicyclic) bond motifs is 1. The van der Waals surface area contributed by atoms with Crippen molar-refractivity contribution in [2.45, 2.75) is 42.0 Å². The quantitative estimate of drug-likeness (QED) is 0.608. The van der Waals surface area contributed by atoms with Crippen LogP contribution in [0.4, 0.5) is 0 Å². The van der Waals surface area contributed by atoms with Gasteiger partial charge in [-0.15, -0.1) is 11.8 Å². The van der Waals surface area contributed by atoms with E-state index in [1.165, 1.54) is 0 Å². The van der Waals surface area contributed by atoms with E-state index in [1.54, 1.807) is 35.2 Å². The maximum atomic E-state index is 13.0. The summed E-state index contributed by atoms with van der Waals surface area (Å²) in [5.74, 6) is 1.72.